The average Bonchev–Trinajstić information content (AvgIpc) is 2.85. The van der Waals surface area contributed by atoms with E-state index >= 15 is 0 Å². The molecular formula is C17H19ClN2O4S. The first-order valence-electron chi connectivity index (χ1n) is 7.77. The van der Waals surface area contributed by atoms with E-state index < -0.39 is 22.0 Å². The van der Waals surface area contributed by atoms with Gasteiger partial charge in [0.15, 0.2) is 0 Å². The van der Waals surface area contributed by atoms with Crippen molar-refractivity contribution in [3.05, 3.63) is 59.1 Å². The zero-order valence-corrected chi connectivity index (χ0v) is 15.4. The van der Waals surface area contributed by atoms with E-state index in [9.17, 15) is 13.2 Å². The third-order valence-corrected chi connectivity index (χ3v) is 5.85. The van der Waals surface area contributed by atoms with Crippen LogP contribution < -0.4 is 9.79 Å². The number of fused-ring (bicyclic) bond motifs is 1. The number of anilines is 1. The highest BCUT2D eigenvalue weighted by molar-refractivity contribution is 7.93. The summed E-state index contributed by atoms with van der Waals surface area (Å²) in [6, 6.07) is 12.1. The van der Waals surface area contributed by atoms with E-state index in [1.54, 1.807) is 47.9 Å². The van der Waals surface area contributed by atoms with Crippen molar-refractivity contribution in [3.63, 3.8) is 0 Å². The summed E-state index contributed by atoms with van der Waals surface area (Å²) in [5, 5.41) is 9.26. The van der Waals surface area contributed by atoms with Gasteiger partial charge in [-0.3, -0.25) is 14.3 Å². The van der Waals surface area contributed by atoms with E-state index in [4.69, 9.17) is 16.8 Å². The fraction of sp³-hybridized carbons (Fsp3) is 0.235. The highest BCUT2D eigenvalue weighted by Gasteiger charge is 2.43. The fourth-order valence-corrected chi connectivity index (χ4v) is 4.72. The van der Waals surface area contributed by atoms with Gasteiger partial charge in [0, 0.05) is 5.02 Å². The molecule has 0 aliphatic carbocycles. The van der Waals surface area contributed by atoms with Crippen LogP contribution in [-0.4, -0.2) is 19.5 Å². The van der Waals surface area contributed by atoms with E-state index in [0.29, 0.717) is 16.3 Å². The molecule has 1 unspecified atom stereocenters. The van der Waals surface area contributed by atoms with Gasteiger partial charge in [0.05, 0.1) is 23.0 Å². The number of amides is 1. The van der Waals surface area contributed by atoms with Crippen LogP contribution >= 0.6 is 11.6 Å². The van der Waals surface area contributed by atoms with Crippen LogP contribution in [0.5, 0.6) is 0 Å². The maximum atomic E-state index is 12.8. The lowest BCUT2D eigenvalue weighted by Crippen LogP contribution is -2.32. The molecule has 1 atom stereocenters. The second-order valence-corrected chi connectivity index (χ2v) is 7.29. The number of rotatable bonds is 3. The van der Waals surface area contributed by atoms with Gasteiger partial charge < -0.3 is 0 Å². The van der Waals surface area contributed by atoms with E-state index in [2.05, 4.69) is 0 Å². The third kappa shape index (κ3) is 3.63. The Bertz CT molecular complexity index is 853. The number of hydrogen-bond donors (Lipinski definition) is 2. The summed E-state index contributed by atoms with van der Waals surface area (Å²) < 4.78 is 26.9. The number of halogens is 1. The minimum atomic E-state index is -3.79. The van der Waals surface area contributed by atoms with Crippen molar-refractivity contribution in [2.24, 2.45) is 0 Å². The quantitative estimate of drug-likeness (QED) is 0.628. The van der Waals surface area contributed by atoms with Crippen LogP contribution in [0.3, 0.4) is 0 Å². The predicted octanol–water partition coefficient (Wildman–Crippen LogP) is 3.51. The highest BCUT2D eigenvalue weighted by atomic mass is 35.5. The fourth-order valence-electron chi connectivity index (χ4n) is 2.71. The van der Waals surface area contributed by atoms with Crippen molar-refractivity contribution in [3.8, 4) is 0 Å². The Balaban J connectivity index is 0.00000109. The third-order valence-electron chi connectivity index (χ3n) is 3.68. The molecule has 0 bridgehead atoms. The summed E-state index contributed by atoms with van der Waals surface area (Å²) in [5.41, 5.74) is 2.47. The standard InChI is InChI=1S/C15H13ClN2O4S.C2H6/c16-10-5-7-11(8-6-10)18-13(9-15(19)17-20)12-3-1-2-4-14(12)23(18,21)22;1-2/h1-8,13,20H,9H2,(H,17,19);1-2H3. The van der Waals surface area contributed by atoms with E-state index in [-0.39, 0.29) is 11.3 Å². The number of hydroxylamine groups is 1. The summed E-state index contributed by atoms with van der Waals surface area (Å²) in [6.07, 6.45) is -0.199. The minimum Gasteiger partial charge on any atom is -0.289 e. The Kier molecular flexibility index (Phi) is 6.05. The molecule has 0 saturated heterocycles. The smallest absolute Gasteiger partial charge is 0.265 e. The lowest BCUT2D eigenvalue weighted by atomic mass is 10.0. The SMILES string of the molecule is CC.O=C(CC1c2ccccc2S(=O)(=O)N1c1ccc(Cl)cc1)NO. The molecule has 1 aliphatic rings. The number of sulfonamides is 1. The van der Waals surface area contributed by atoms with Crippen LogP contribution in [0.4, 0.5) is 5.69 Å². The van der Waals surface area contributed by atoms with Crippen LogP contribution in [0, 0.1) is 0 Å². The molecule has 1 aliphatic heterocycles. The maximum absolute atomic E-state index is 12.8. The number of carbonyl (C=O) groups excluding carboxylic acids is 1. The first-order chi connectivity index (χ1) is 11.9. The normalized spacial score (nSPS) is 17.3. The summed E-state index contributed by atoms with van der Waals surface area (Å²) in [5.74, 6) is -0.666. The molecule has 0 spiro atoms. The Morgan fingerprint density at radius 1 is 1.16 bits per heavy atom. The van der Waals surface area contributed by atoms with Gasteiger partial charge in [0.2, 0.25) is 5.91 Å². The monoisotopic (exact) mass is 382 g/mol. The molecule has 6 nitrogen and oxygen atoms in total. The first kappa shape index (κ1) is 19.2. The van der Waals surface area contributed by atoms with Gasteiger partial charge in [-0.1, -0.05) is 43.6 Å². The number of nitrogens with one attached hydrogen (secondary N) is 1. The van der Waals surface area contributed by atoms with Gasteiger partial charge in [-0.2, -0.15) is 0 Å². The zero-order chi connectivity index (χ0) is 18.6. The Labute approximate surface area is 152 Å². The average molecular weight is 383 g/mol. The molecule has 8 heteroatoms. The van der Waals surface area contributed by atoms with Crippen molar-refractivity contribution >= 4 is 33.2 Å². The van der Waals surface area contributed by atoms with Crippen molar-refractivity contribution in [1.29, 1.82) is 0 Å². The molecule has 134 valence electrons. The van der Waals surface area contributed by atoms with Gasteiger partial charge >= 0.3 is 0 Å². The molecule has 0 fully saturated rings. The number of hydrogen-bond acceptors (Lipinski definition) is 4. The number of carbonyl (C=O) groups is 1. The summed E-state index contributed by atoms with van der Waals surface area (Å²) in [7, 11) is -3.79. The lowest BCUT2D eigenvalue weighted by Gasteiger charge is -2.25. The Hall–Kier alpha value is -2.09. The molecule has 25 heavy (non-hydrogen) atoms. The van der Waals surface area contributed by atoms with Crippen LogP contribution in [0.2, 0.25) is 5.02 Å². The van der Waals surface area contributed by atoms with Crippen molar-refractivity contribution < 1.29 is 18.4 Å². The van der Waals surface area contributed by atoms with Crippen molar-refractivity contribution in [2.75, 3.05) is 4.31 Å². The topological polar surface area (TPSA) is 86.7 Å². The molecule has 0 aromatic heterocycles. The second kappa shape index (κ2) is 7.86. The van der Waals surface area contributed by atoms with Crippen molar-refractivity contribution in [1.82, 2.24) is 5.48 Å². The minimum absolute atomic E-state index is 0.158. The molecule has 1 amide bonds. The zero-order valence-electron chi connectivity index (χ0n) is 13.8. The van der Waals surface area contributed by atoms with Gasteiger partial charge in [-0.05, 0) is 35.9 Å². The van der Waals surface area contributed by atoms with Crippen molar-refractivity contribution in [2.45, 2.75) is 31.2 Å². The molecule has 3 rings (SSSR count). The van der Waals surface area contributed by atoms with Gasteiger partial charge in [-0.15, -0.1) is 0 Å². The molecule has 1 heterocycles. The van der Waals surface area contributed by atoms with Crippen LogP contribution in [0.1, 0.15) is 31.9 Å². The van der Waals surface area contributed by atoms with E-state index in [0.717, 1.165) is 0 Å². The highest BCUT2D eigenvalue weighted by Crippen LogP contribution is 2.44. The lowest BCUT2D eigenvalue weighted by molar-refractivity contribution is -0.129. The van der Waals surface area contributed by atoms with Gasteiger partial charge in [0.25, 0.3) is 10.0 Å². The second-order valence-electron chi connectivity index (χ2n) is 5.07. The van der Waals surface area contributed by atoms with E-state index in [1.165, 1.54) is 10.4 Å². The number of benzene rings is 2. The van der Waals surface area contributed by atoms with Crippen LogP contribution in [-0.2, 0) is 14.8 Å². The summed E-state index contributed by atoms with van der Waals surface area (Å²) in [4.78, 5) is 11.8. The Morgan fingerprint density at radius 2 is 1.76 bits per heavy atom. The molecule has 0 saturated carbocycles. The van der Waals surface area contributed by atoms with E-state index in [1.807, 2.05) is 13.8 Å². The Morgan fingerprint density at radius 3 is 2.36 bits per heavy atom. The first-order valence-corrected chi connectivity index (χ1v) is 9.59. The maximum Gasteiger partial charge on any atom is 0.265 e. The predicted molar refractivity (Wildman–Crippen MR) is 96.2 cm³/mol. The largest absolute Gasteiger partial charge is 0.289 e. The number of nitrogens with zero attached hydrogens (tertiary/aromatic N) is 1. The van der Waals surface area contributed by atoms with Gasteiger partial charge in [0.1, 0.15) is 0 Å². The van der Waals surface area contributed by atoms with Crippen LogP contribution in [0.25, 0.3) is 0 Å². The van der Waals surface area contributed by atoms with Gasteiger partial charge in [-0.25, -0.2) is 13.9 Å². The molecule has 0 radical (unpaired) electrons. The summed E-state index contributed by atoms with van der Waals surface area (Å²) in [6.45, 7) is 4.00. The summed E-state index contributed by atoms with van der Waals surface area (Å²) >= 11 is 5.86. The molecular weight excluding hydrogens is 364 g/mol. The van der Waals surface area contributed by atoms with Crippen LogP contribution in [0.15, 0.2) is 53.4 Å². The molecule has 2 aromatic carbocycles. The molecule has 2 aromatic rings. The molecule has 2 N–H and O–H groups in total.